The quantitative estimate of drug-likeness (QED) is 0.868. The fourth-order valence-electron chi connectivity index (χ4n) is 3.42. The highest BCUT2D eigenvalue weighted by Gasteiger charge is 2.24. The van der Waals surface area contributed by atoms with E-state index in [-0.39, 0.29) is 0 Å². The fourth-order valence-corrected chi connectivity index (χ4v) is 3.42. The summed E-state index contributed by atoms with van der Waals surface area (Å²) < 4.78 is 5.62. The van der Waals surface area contributed by atoms with E-state index in [4.69, 9.17) is 4.42 Å². The summed E-state index contributed by atoms with van der Waals surface area (Å²) in [5.41, 5.74) is 3.09. The molecule has 20 heavy (non-hydrogen) atoms. The van der Waals surface area contributed by atoms with Crippen LogP contribution in [0.3, 0.4) is 0 Å². The van der Waals surface area contributed by atoms with E-state index in [2.05, 4.69) is 42.6 Å². The Morgan fingerprint density at radius 1 is 1.25 bits per heavy atom. The molecular weight excluding hydrogens is 246 g/mol. The summed E-state index contributed by atoms with van der Waals surface area (Å²) in [6, 6.07) is 13.3. The molecule has 0 saturated carbocycles. The minimum atomic E-state index is 0.325. The molecule has 2 nitrogen and oxygen atoms in total. The summed E-state index contributed by atoms with van der Waals surface area (Å²) in [5.74, 6) is 1.71. The molecule has 2 aromatic rings. The van der Waals surface area contributed by atoms with Crippen molar-refractivity contribution in [2.45, 2.75) is 44.6 Å². The van der Waals surface area contributed by atoms with Gasteiger partial charge >= 0.3 is 0 Å². The van der Waals surface area contributed by atoms with E-state index in [0.717, 1.165) is 18.7 Å². The van der Waals surface area contributed by atoms with Crippen LogP contribution in [0.15, 0.2) is 47.1 Å². The van der Waals surface area contributed by atoms with Gasteiger partial charge in [0.1, 0.15) is 5.76 Å². The molecule has 0 amide bonds. The number of hydrogen-bond donors (Lipinski definition) is 1. The van der Waals surface area contributed by atoms with Gasteiger partial charge < -0.3 is 9.73 Å². The Kier molecular flexibility index (Phi) is 4.22. The van der Waals surface area contributed by atoms with Gasteiger partial charge in [-0.05, 0) is 61.4 Å². The van der Waals surface area contributed by atoms with Crippen LogP contribution in [-0.4, -0.2) is 6.54 Å². The minimum absolute atomic E-state index is 0.325. The van der Waals surface area contributed by atoms with Crippen molar-refractivity contribution in [3.8, 4) is 0 Å². The van der Waals surface area contributed by atoms with Gasteiger partial charge in [0.2, 0.25) is 0 Å². The summed E-state index contributed by atoms with van der Waals surface area (Å²) in [4.78, 5) is 0. The van der Waals surface area contributed by atoms with Gasteiger partial charge in [-0.25, -0.2) is 0 Å². The lowest BCUT2D eigenvalue weighted by Crippen LogP contribution is -2.24. The van der Waals surface area contributed by atoms with Gasteiger partial charge in [-0.15, -0.1) is 0 Å². The molecule has 1 aliphatic carbocycles. The van der Waals surface area contributed by atoms with Gasteiger partial charge in [-0.1, -0.05) is 31.2 Å². The molecule has 0 spiro atoms. The van der Waals surface area contributed by atoms with Crippen molar-refractivity contribution in [2.75, 3.05) is 6.54 Å². The highest BCUT2D eigenvalue weighted by atomic mass is 16.3. The van der Waals surface area contributed by atoms with Gasteiger partial charge in [0, 0.05) is 0 Å². The summed E-state index contributed by atoms with van der Waals surface area (Å²) in [6.07, 6.45) is 6.73. The van der Waals surface area contributed by atoms with Crippen molar-refractivity contribution < 1.29 is 4.42 Å². The maximum Gasteiger partial charge on any atom is 0.120 e. The zero-order valence-corrected chi connectivity index (χ0v) is 12.1. The molecule has 0 saturated heterocycles. The Hall–Kier alpha value is -1.54. The average Bonchev–Trinajstić information content (AvgIpc) is 3.01. The van der Waals surface area contributed by atoms with Crippen LogP contribution in [0.2, 0.25) is 0 Å². The lowest BCUT2D eigenvalue weighted by atomic mass is 9.79. The Balaban J connectivity index is 1.79. The molecule has 3 rings (SSSR count). The molecule has 2 unspecified atom stereocenters. The van der Waals surface area contributed by atoms with E-state index in [1.807, 2.05) is 6.07 Å². The third kappa shape index (κ3) is 2.80. The van der Waals surface area contributed by atoms with Crippen molar-refractivity contribution in [2.24, 2.45) is 0 Å². The maximum atomic E-state index is 5.62. The molecule has 0 aliphatic heterocycles. The van der Waals surface area contributed by atoms with E-state index in [9.17, 15) is 0 Å². The van der Waals surface area contributed by atoms with Gasteiger partial charge in [0.15, 0.2) is 0 Å². The van der Waals surface area contributed by atoms with E-state index in [1.165, 1.54) is 19.3 Å². The molecule has 0 fully saturated rings. The van der Waals surface area contributed by atoms with Crippen LogP contribution < -0.4 is 5.32 Å². The van der Waals surface area contributed by atoms with Crippen LogP contribution in [0.5, 0.6) is 0 Å². The Morgan fingerprint density at radius 3 is 2.95 bits per heavy atom. The zero-order chi connectivity index (χ0) is 13.8. The standard InChI is InChI=1S/C18H23NO/c1-2-19-17(18-11-6-12-20-18)13-15-9-5-8-14-7-3-4-10-16(14)15/h3-4,6-7,10-12,15,17,19H,2,5,8-9,13H2,1H3. The maximum absolute atomic E-state index is 5.62. The molecule has 1 aromatic carbocycles. The summed E-state index contributed by atoms with van der Waals surface area (Å²) in [5, 5.41) is 3.57. The van der Waals surface area contributed by atoms with E-state index >= 15 is 0 Å². The molecule has 1 aromatic heterocycles. The SMILES string of the molecule is CCNC(CC1CCCc2ccccc21)c1ccco1. The lowest BCUT2D eigenvalue weighted by molar-refractivity contribution is 0.364. The smallest absolute Gasteiger partial charge is 0.120 e. The topological polar surface area (TPSA) is 25.2 Å². The number of hydrogen-bond acceptors (Lipinski definition) is 2. The highest BCUT2D eigenvalue weighted by molar-refractivity contribution is 5.32. The van der Waals surface area contributed by atoms with E-state index in [0.29, 0.717) is 12.0 Å². The van der Waals surface area contributed by atoms with Gasteiger partial charge in [-0.3, -0.25) is 0 Å². The second-order valence-electron chi connectivity index (χ2n) is 5.65. The van der Waals surface area contributed by atoms with Crippen molar-refractivity contribution in [3.05, 3.63) is 59.5 Å². The van der Waals surface area contributed by atoms with Crippen LogP contribution >= 0.6 is 0 Å². The van der Waals surface area contributed by atoms with Crippen LogP contribution in [-0.2, 0) is 6.42 Å². The first-order valence-corrected chi connectivity index (χ1v) is 7.73. The number of aryl methyl sites for hydroxylation is 1. The first-order valence-electron chi connectivity index (χ1n) is 7.73. The number of furan rings is 1. The average molecular weight is 269 g/mol. The number of rotatable bonds is 5. The highest BCUT2D eigenvalue weighted by Crippen LogP contribution is 2.37. The van der Waals surface area contributed by atoms with Crippen molar-refractivity contribution >= 4 is 0 Å². The number of nitrogens with one attached hydrogen (secondary N) is 1. The third-order valence-electron chi connectivity index (χ3n) is 4.35. The van der Waals surface area contributed by atoms with Crippen LogP contribution in [0.1, 0.15) is 55.0 Å². The number of fused-ring (bicyclic) bond motifs is 1. The Bertz CT molecular complexity index is 532. The number of benzene rings is 1. The molecule has 106 valence electrons. The Labute approximate surface area is 121 Å². The molecular formula is C18H23NO. The van der Waals surface area contributed by atoms with Crippen LogP contribution in [0.25, 0.3) is 0 Å². The first-order chi connectivity index (χ1) is 9.88. The zero-order valence-electron chi connectivity index (χ0n) is 12.1. The van der Waals surface area contributed by atoms with Crippen molar-refractivity contribution in [1.82, 2.24) is 5.32 Å². The second-order valence-corrected chi connectivity index (χ2v) is 5.65. The molecule has 1 aliphatic rings. The summed E-state index contributed by atoms with van der Waals surface area (Å²) in [6.45, 7) is 3.13. The Morgan fingerprint density at radius 2 is 2.15 bits per heavy atom. The van der Waals surface area contributed by atoms with E-state index < -0.39 is 0 Å². The normalized spacial score (nSPS) is 19.6. The monoisotopic (exact) mass is 269 g/mol. The largest absolute Gasteiger partial charge is 0.468 e. The second kappa shape index (κ2) is 6.27. The molecule has 1 N–H and O–H groups in total. The lowest BCUT2D eigenvalue weighted by Gasteiger charge is -2.28. The molecule has 0 bridgehead atoms. The molecule has 2 atom stereocenters. The van der Waals surface area contributed by atoms with Crippen LogP contribution in [0.4, 0.5) is 0 Å². The van der Waals surface area contributed by atoms with E-state index in [1.54, 1.807) is 17.4 Å². The first kappa shape index (κ1) is 13.4. The van der Waals surface area contributed by atoms with Gasteiger partial charge in [0.05, 0.1) is 12.3 Å². The van der Waals surface area contributed by atoms with Crippen molar-refractivity contribution in [1.29, 1.82) is 0 Å². The fraction of sp³-hybridized carbons (Fsp3) is 0.444. The van der Waals surface area contributed by atoms with Gasteiger partial charge in [0.25, 0.3) is 0 Å². The summed E-state index contributed by atoms with van der Waals surface area (Å²) >= 11 is 0. The minimum Gasteiger partial charge on any atom is -0.468 e. The molecule has 0 radical (unpaired) electrons. The predicted molar refractivity (Wildman–Crippen MR) is 81.9 cm³/mol. The predicted octanol–water partition coefficient (Wildman–Crippen LogP) is 4.44. The summed E-state index contributed by atoms with van der Waals surface area (Å²) in [7, 11) is 0. The van der Waals surface area contributed by atoms with Crippen LogP contribution in [0, 0.1) is 0 Å². The third-order valence-corrected chi connectivity index (χ3v) is 4.35. The van der Waals surface area contributed by atoms with Gasteiger partial charge in [-0.2, -0.15) is 0 Å². The molecule has 1 heterocycles. The van der Waals surface area contributed by atoms with Crippen molar-refractivity contribution in [3.63, 3.8) is 0 Å². The molecule has 2 heteroatoms.